The Bertz CT molecular complexity index is 638. The fourth-order valence-electron chi connectivity index (χ4n) is 3.63. The normalized spacial score (nSPS) is 18.7. The molecule has 2 N–H and O–H groups in total. The van der Waals surface area contributed by atoms with Crippen LogP contribution in [0.5, 0.6) is 0 Å². The van der Waals surface area contributed by atoms with Gasteiger partial charge in [0.1, 0.15) is 5.69 Å². The van der Waals surface area contributed by atoms with Crippen LogP contribution in [0.3, 0.4) is 0 Å². The lowest BCUT2D eigenvalue weighted by atomic mass is 10.1. The lowest BCUT2D eigenvalue weighted by Gasteiger charge is -2.16. The number of hydrogen-bond donors (Lipinski definition) is 2. The molecule has 0 radical (unpaired) electrons. The number of anilines is 1. The minimum Gasteiger partial charge on any atom is -0.377 e. The molecule has 2 aliphatic rings. The molecule has 2 saturated carbocycles. The first-order chi connectivity index (χ1) is 11.5. The molecule has 1 aromatic carbocycles. The Morgan fingerprint density at radius 3 is 2.25 bits per heavy atom. The zero-order chi connectivity index (χ0) is 17.1. The number of benzene rings is 1. The van der Waals surface area contributed by atoms with E-state index in [1.165, 1.54) is 12.1 Å². The first-order valence-corrected chi connectivity index (χ1v) is 8.97. The summed E-state index contributed by atoms with van der Waals surface area (Å²) in [5, 5.41) is 17.8. The molecule has 0 bridgehead atoms. The number of rotatable bonds is 5. The van der Waals surface area contributed by atoms with Gasteiger partial charge in [-0.25, -0.2) is 0 Å². The smallest absolute Gasteiger partial charge is 0.293 e. The number of nitro groups is 1. The third kappa shape index (κ3) is 3.80. The lowest BCUT2D eigenvalue weighted by molar-refractivity contribution is -0.384. The molecule has 0 saturated heterocycles. The van der Waals surface area contributed by atoms with Crippen molar-refractivity contribution in [3.8, 4) is 0 Å². The highest BCUT2D eigenvalue weighted by atomic mass is 35.5. The highest BCUT2D eigenvalue weighted by molar-refractivity contribution is 6.34. The number of halogens is 1. The van der Waals surface area contributed by atoms with Crippen LogP contribution >= 0.6 is 11.6 Å². The summed E-state index contributed by atoms with van der Waals surface area (Å²) < 4.78 is 0. The fourth-order valence-corrected chi connectivity index (χ4v) is 3.88. The third-order valence-corrected chi connectivity index (χ3v) is 5.24. The second kappa shape index (κ2) is 7.38. The van der Waals surface area contributed by atoms with Crippen molar-refractivity contribution in [1.29, 1.82) is 0 Å². The van der Waals surface area contributed by atoms with Crippen LogP contribution in [0.1, 0.15) is 61.7 Å². The standard InChI is InChI=1S/C17H22ClN3O3/c18-14-10-15(19-11-5-1-2-6-11)16(21(23)24)9-13(14)17(22)20-12-7-3-4-8-12/h9-12,19H,1-8H2,(H,20,22). The highest BCUT2D eigenvalue weighted by Crippen LogP contribution is 2.34. The summed E-state index contributed by atoms with van der Waals surface area (Å²) in [7, 11) is 0. The van der Waals surface area contributed by atoms with Crippen LogP contribution in [0, 0.1) is 10.1 Å². The maximum absolute atomic E-state index is 12.4. The number of nitrogens with zero attached hydrogens (tertiary/aromatic N) is 1. The van der Waals surface area contributed by atoms with Crippen LogP contribution in [-0.2, 0) is 0 Å². The number of nitro benzene ring substituents is 1. The summed E-state index contributed by atoms with van der Waals surface area (Å²) in [6.07, 6.45) is 8.35. The molecule has 7 heteroatoms. The predicted molar refractivity (Wildman–Crippen MR) is 93.7 cm³/mol. The first kappa shape index (κ1) is 17.0. The monoisotopic (exact) mass is 351 g/mol. The van der Waals surface area contributed by atoms with E-state index in [9.17, 15) is 14.9 Å². The molecule has 0 unspecified atom stereocenters. The topological polar surface area (TPSA) is 84.3 Å². The number of amides is 1. The van der Waals surface area contributed by atoms with Gasteiger partial charge in [0.2, 0.25) is 0 Å². The second-order valence-corrected chi connectivity index (χ2v) is 7.09. The highest BCUT2D eigenvalue weighted by Gasteiger charge is 2.25. The van der Waals surface area contributed by atoms with Gasteiger partial charge < -0.3 is 10.6 Å². The number of hydrogen-bond acceptors (Lipinski definition) is 4. The van der Waals surface area contributed by atoms with Crippen LogP contribution in [-0.4, -0.2) is 22.9 Å². The third-order valence-electron chi connectivity index (χ3n) is 4.93. The van der Waals surface area contributed by atoms with Crippen molar-refractivity contribution in [2.24, 2.45) is 0 Å². The van der Waals surface area contributed by atoms with E-state index in [1.54, 1.807) is 0 Å². The summed E-state index contributed by atoms with van der Waals surface area (Å²) in [5.41, 5.74) is 0.476. The minimum absolute atomic E-state index is 0.0946. The van der Waals surface area contributed by atoms with Crippen molar-refractivity contribution < 1.29 is 9.72 Å². The molecule has 1 amide bonds. The summed E-state index contributed by atoms with van der Waals surface area (Å²) in [4.78, 5) is 23.4. The molecule has 130 valence electrons. The van der Waals surface area contributed by atoms with E-state index in [0.717, 1.165) is 51.4 Å². The van der Waals surface area contributed by atoms with E-state index < -0.39 is 4.92 Å². The van der Waals surface area contributed by atoms with E-state index >= 15 is 0 Å². The molecule has 2 aliphatic carbocycles. The van der Waals surface area contributed by atoms with Gasteiger partial charge in [-0.05, 0) is 31.7 Å². The molecular formula is C17H22ClN3O3. The molecular weight excluding hydrogens is 330 g/mol. The number of nitrogens with one attached hydrogen (secondary N) is 2. The van der Waals surface area contributed by atoms with Crippen molar-refractivity contribution in [3.63, 3.8) is 0 Å². The van der Waals surface area contributed by atoms with Gasteiger partial charge in [0, 0.05) is 18.2 Å². The van der Waals surface area contributed by atoms with Crippen molar-refractivity contribution in [2.45, 2.75) is 63.5 Å². The maximum Gasteiger partial charge on any atom is 0.293 e. The van der Waals surface area contributed by atoms with Gasteiger partial charge in [0.05, 0.1) is 15.5 Å². The molecule has 0 aromatic heterocycles. The number of carbonyl (C=O) groups is 1. The summed E-state index contributed by atoms with van der Waals surface area (Å²) in [5.74, 6) is -0.331. The van der Waals surface area contributed by atoms with Crippen molar-refractivity contribution >= 4 is 28.9 Å². The van der Waals surface area contributed by atoms with Gasteiger partial charge in [0.25, 0.3) is 11.6 Å². The average molecular weight is 352 g/mol. The van der Waals surface area contributed by atoms with Crippen molar-refractivity contribution in [2.75, 3.05) is 5.32 Å². The Kier molecular flexibility index (Phi) is 5.23. The molecule has 2 fully saturated rings. The van der Waals surface area contributed by atoms with Gasteiger partial charge in [-0.2, -0.15) is 0 Å². The van der Waals surface area contributed by atoms with E-state index in [0.29, 0.717) is 5.69 Å². The van der Waals surface area contributed by atoms with Crippen LogP contribution in [0.15, 0.2) is 12.1 Å². The SMILES string of the molecule is O=C(NC1CCCC1)c1cc([N+](=O)[O-])c(NC2CCCC2)cc1Cl. The van der Waals surface area contributed by atoms with Gasteiger partial charge in [-0.3, -0.25) is 14.9 Å². The molecule has 0 spiro atoms. The Balaban J connectivity index is 1.82. The van der Waals surface area contributed by atoms with Gasteiger partial charge in [-0.1, -0.05) is 37.3 Å². The Labute approximate surface area is 146 Å². The maximum atomic E-state index is 12.4. The molecule has 1 aromatic rings. The summed E-state index contributed by atoms with van der Waals surface area (Å²) in [6, 6.07) is 3.19. The molecule has 0 aliphatic heterocycles. The molecule has 24 heavy (non-hydrogen) atoms. The molecule has 0 atom stereocenters. The first-order valence-electron chi connectivity index (χ1n) is 8.60. The van der Waals surface area contributed by atoms with Gasteiger partial charge in [0.15, 0.2) is 0 Å². The van der Waals surface area contributed by atoms with Crippen LogP contribution in [0.2, 0.25) is 5.02 Å². The van der Waals surface area contributed by atoms with E-state index in [-0.39, 0.29) is 34.3 Å². The van der Waals surface area contributed by atoms with Crippen LogP contribution in [0.4, 0.5) is 11.4 Å². The Hall–Kier alpha value is -1.82. The van der Waals surface area contributed by atoms with Gasteiger partial charge >= 0.3 is 0 Å². The molecule has 0 heterocycles. The second-order valence-electron chi connectivity index (χ2n) is 6.69. The van der Waals surface area contributed by atoms with Gasteiger partial charge in [-0.15, -0.1) is 0 Å². The lowest BCUT2D eigenvalue weighted by Crippen LogP contribution is -2.32. The zero-order valence-corrected chi connectivity index (χ0v) is 14.3. The van der Waals surface area contributed by atoms with Crippen molar-refractivity contribution in [3.05, 3.63) is 32.8 Å². The Morgan fingerprint density at radius 1 is 1.08 bits per heavy atom. The minimum atomic E-state index is -0.458. The van der Waals surface area contributed by atoms with E-state index in [4.69, 9.17) is 11.6 Å². The van der Waals surface area contributed by atoms with E-state index in [1.807, 2.05) is 0 Å². The zero-order valence-electron chi connectivity index (χ0n) is 13.5. The summed E-state index contributed by atoms with van der Waals surface area (Å²) >= 11 is 6.25. The summed E-state index contributed by atoms with van der Waals surface area (Å²) in [6.45, 7) is 0. The average Bonchev–Trinajstić information content (AvgIpc) is 3.20. The molecule has 6 nitrogen and oxygen atoms in total. The van der Waals surface area contributed by atoms with Crippen LogP contribution < -0.4 is 10.6 Å². The van der Waals surface area contributed by atoms with E-state index in [2.05, 4.69) is 10.6 Å². The largest absolute Gasteiger partial charge is 0.377 e. The molecule has 3 rings (SSSR count). The van der Waals surface area contributed by atoms with Crippen LogP contribution in [0.25, 0.3) is 0 Å². The Morgan fingerprint density at radius 2 is 1.67 bits per heavy atom. The quantitative estimate of drug-likeness (QED) is 0.612. The predicted octanol–water partition coefficient (Wildman–Crippen LogP) is 4.28. The van der Waals surface area contributed by atoms with Crippen molar-refractivity contribution in [1.82, 2.24) is 5.32 Å². The number of carbonyl (C=O) groups excluding carboxylic acids is 1. The fraction of sp³-hybridized carbons (Fsp3) is 0.588.